The Kier molecular flexibility index (Phi) is 24.7. The maximum Gasteiger partial charge on any atom is 0.329 e. The second kappa shape index (κ2) is 32.3. The van der Waals surface area contributed by atoms with E-state index in [-0.39, 0.29) is 62.2 Å². The fourth-order valence-corrected chi connectivity index (χ4v) is 11.1. The molecule has 5 heterocycles. The van der Waals surface area contributed by atoms with Crippen LogP contribution in [0.25, 0.3) is 22.5 Å². The SMILES string of the molecule is CC(C)C[C@H]1C(=O)O[C@H](Cc2ccc(Cn3cc(-c4ccccn4)cn3)cc2)C(=O)N(C)[C@@H](CC(C)C)C(=O)O[C@H](C)C(=O)N(C)[C@@H](CC(C)C)C(=O)O[C@H](Cc2ccc(Cn3cc(-c4ccccn4)cn3)cc2)C(=O)N(C)[C@@H](CC(C)C)C(=O)O[C@H](C)C(=O)N1C. The predicted molar refractivity (Wildman–Crippen MR) is 344 cm³/mol. The summed E-state index contributed by atoms with van der Waals surface area (Å²) < 4.78 is 28.0. The van der Waals surface area contributed by atoms with E-state index in [0.717, 1.165) is 53.2 Å². The van der Waals surface area contributed by atoms with Gasteiger partial charge in [-0.15, -0.1) is 0 Å². The standard InChI is InChI=1S/C70H90N10O12/c1-43(2)31-57-67(85)89-47(9)63(81)75(11)60(34-46(7)8)70(88)92-62(36-50-23-27-52(28-24-50)40-80-42-54(38-74-80)56-20-16-18-30-72-56)66(84)78(14)58(32-44(3)4)68(86)90-48(10)64(82)76(12)59(33-45(5)6)69(87)91-61(65(83)77(57)13)35-49-21-25-51(26-22-49)39-79-41-53(37-73-79)55-19-15-17-29-71-55/h15-30,37-38,41-48,57-62H,31-36,39-40H2,1-14H3/t47-,48-,57+,58+,59+,60+,61-,62-/m1/s1. The number of pyridine rings is 2. The molecule has 4 amide bonds. The molecule has 6 aromatic rings. The first kappa shape index (κ1) is 70.4. The van der Waals surface area contributed by atoms with E-state index in [0.29, 0.717) is 24.2 Å². The molecule has 1 aliphatic heterocycles. The number of carbonyl (C=O) groups is 8. The van der Waals surface area contributed by atoms with Crippen LogP contribution in [0, 0.1) is 23.7 Å². The summed E-state index contributed by atoms with van der Waals surface area (Å²) >= 11 is 0. The number of aromatic nitrogens is 6. The zero-order valence-electron chi connectivity index (χ0n) is 55.5. The maximum atomic E-state index is 15.2. The molecule has 92 heavy (non-hydrogen) atoms. The average Bonchev–Trinajstić information content (AvgIpc) is 1.18. The third kappa shape index (κ3) is 19.0. The largest absolute Gasteiger partial charge is 0.451 e. The molecule has 0 bridgehead atoms. The predicted octanol–water partition coefficient (Wildman–Crippen LogP) is 8.28. The van der Waals surface area contributed by atoms with E-state index in [1.807, 2.05) is 128 Å². The van der Waals surface area contributed by atoms with Gasteiger partial charge >= 0.3 is 23.9 Å². The van der Waals surface area contributed by atoms with Crippen LogP contribution < -0.4 is 0 Å². The maximum absolute atomic E-state index is 15.2. The van der Waals surface area contributed by atoms with Gasteiger partial charge in [0, 0.05) is 76.9 Å². The van der Waals surface area contributed by atoms with Crippen molar-refractivity contribution < 1.29 is 57.3 Å². The van der Waals surface area contributed by atoms with E-state index in [4.69, 9.17) is 18.9 Å². The highest BCUT2D eigenvalue weighted by Gasteiger charge is 2.43. The van der Waals surface area contributed by atoms with Gasteiger partial charge in [0.25, 0.3) is 23.6 Å². The Morgan fingerprint density at radius 2 is 0.685 bits per heavy atom. The summed E-state index contributed by atoms with van der Waals surface area (Å²) in [5.74, 6) is -7.60. The molecule has 8 atom stereocenters. The van der Waals surface area contributed by atoms with Crippen LogP contribution in [0.5, 0.6) is 0 Å². The molecule has 4 aromatic heterocycles. The minimum absolute atomic E-state index is 0.0667. The highest BCUT2D eigenvalue weighted by Crippen LogP contribution is 2.26. The highest BCUT2D eigenvalue weighted by molar-refractivity contribution is 5.94. The van der Waals surface area contributed by atoms with Crippen LogP contribution in [0.1, 0.15) is 117 Å². The minimum Gasteiger partial charge on any atom is -0.451 e. The number of esters is 4. The number of cyclic esters (lactones) is 4. The number of ether oxygens (including phenoxy) is 4. The quantitative estimate of drug-likeness (QED) is 0.0580. The molecule has 492 valence electrons. The third-order valence-corrected chi connectivity index (χ3v) is 16.2. The van der Waals surface area contributed by atoms with Crippen LogP contribution in [0.15, 0.2) is 122 Å². The fourth-order valence-electron chi connectivity index (χ4n) is 11.1. The molecule has 0 N–H and O–H groups in total. The normalized spacial score (nSPS) is 21.7. The Labute approximate surface area is 539 Å². The number of hydrogen-bond acceptors (Lipinski definition) is 16. The third-order valence-electron chi connectivity index (χ3n) is 16.2. The van der Waals surface area contributed by atoms with Gasteiger partial charge in [-0.1, -0.05) is 116 Å². The van der Waals surface area contributed by atoms with Crippen molar-refractivity contribution in [3.05, 3.63) is 144 Å². The number of rotatable bonds is 18. The van der Waals surface area contributed by atoms with E-state index in [1.165, 1.54) is 42.0 Å². The molecule has 0 saturated carbocycles. The summed E-state index contributed by atoms with van der Waals surface area (Å²) in [6.07, 6.45) is 4.49. The number of likely N-dealkylation sites (N-methyl/N-ethyl adjacent to an activating group) is 4. The van der Waals surface area contributed by atoms with Crippen LogP contribution in [0.2, 0.25) is 0 Å². The van der Waals surface area contributed by atoms with E-state index in [1.54, 1.807) is 58.4 Å². The lowest BCUT2D eigenvalue weighted by atomic mass is 9.99. The molecule has 22 heteroatoms. The van der Waals surface area contributed by atoms with Crippen molar-refractivity contribution in [2.75, 3.05) is 28.2 Å². The van der Waals surface area contributed by atoms with Crippen molar-refractivity contribution in [2.24, 2.45) is 23.7 Å². The lowest BCUT2D eigenvalue weighted by Crippen LogP contribution is -2.55. The van der Waals surface area contributed by atoms with Gasteiger partial charge in [0.15, 0.2) is 24.4 Å². The molecule has 0 unspecified atom stereocenters. The van der Waals surface area contributed by atoms with Crippen molar-refractivity contribution in [3.8, 4) is 22.5 Å². The van der Waals surface area contributed by atoms with Crippen LogP contribution in [-0.4, -0.2) is 173 Å². The zero-order chi connectivity index (χ0) is 67.1. The summed E-state index contributed by atoms with van der Waals surface area (Å²) in [6, 6.07) is 20.7. The Morgan fingerprint density at radius 3 is 0.978 bits per heavy atom. The second-order valence-corrected chi connectivity index (χ2v) is 25.7. The molecule has 0 spiro atoms. The zero-order valence-corrected chi connectivity index (χ0v) is 55.5. The van der Waals surface area contributed by atoms with E-state index in [2.05, 4.69) is 20.2 Å². The van der Waals surface area contributed by atoms with Gasteiger partial charge in [0.05, 0.1) is 36.9 Å². The van der Waals surface area contributed by atoms with Gasteiger partial charge in [-0.2, -0.15) is 10.2 Å². The molecule has 2 aromatic carbocycles. The van der Waals surface area contributed by atoms with Crippen molar-refractivity contribution in [2.45, 2.75) is 169 Å². The first-order valence-corrected chi connectivity index (χ1v) is 31.6. The molecular formula is C70H90N10O12. The summed E-state index contributed by atoms with van der Waals surface area (Å²) in [5, 5.41) is 9.04. The summed E-state index contributed by atoms with van der Waals surface area (Å²) in [4.78, 5) is 132. The topological polar surface area (TPSA) is 248 Å². The van der Waals surface area contributed by atoms with Gasteiger partial charge in [-0.05, 0) is 110 Å². The Balaban J connectivity index is 1.22. The van der Waals surface area contributed by atoms with Gasteiger partial charge in [0.2, 0.25) is 0 Å². The summed E-state index contributed by atoms with van der Waals surface area (Å²) in [5.41, 5.74) is 6.19. The van der Waals surface area contributed by atoms with Gasteiger partial charge in [0.1, 0.15) is 24.2 Å². The van der Waals surface area contributed by atoms with Crippen molar-refractivity contribution in [3.63, 3.8) is 0 Å². The van der Waals surface area contributed by atoms with Crippen LogP contribution in [0.3, 0.4) is 0 Å². The molecular weight excluding hydrogens is 1170 g/mol. The second-order valence-electron chi connectivity index (χ2n) is 25.7. The van der Waals surface area contributed by atoms with Crippen molar-refractivity contribution in [1.82, 2.24) is 49.1 Å². The lowest BCUT2D eigenvalue weighted by Gasteiger charge is -2.35. The lowest BCUT2D eigenvalue weighted by molar-refractivity contribution is -0.176. The number of amides is 4. The molecule has 22 nitrogen and oxygen atoms in total. The number of carbonyl (C=O) groups excluding carboxylic acids is 8. The van der Waals surface area contributed by atoms with Crippen LogP contribution in [0.4, 0.5) is 0 Å². The molecule has 1 aliphatic rings. The molecule has 1 fully saturated rings. The number of hydrogen-bond donors (Lipinski definition) is 0. The van der Waals surface area contributed by atoms with Crippen molar-refractivity contribution in [1.29, 1.82) is 0 Å². The van der Waals surface area contributed by atoms with Crippen LogP contribution in [-0.2, 0) is 83.2 Å². The first-order chi connectivity index (χ1) is 43.7. The Morgan fingerprint density at radius 1 is 0.391 bits per heavy atom. The summed E-state index contributed by atoms with van der Waals surface area (Å²) in [6.45, 7) is 18.4. The van der Waals surface area contributed by atoms with Crippen molar-refractivity contribution >= 4 is 47.5 Å². The van der Waals surface area contributed by atoms with E-state index >= 15 is 9.59 Å². The molecule has 0 aliphatic carbocycles. The highest BCUT2D eigenvalue weighted by atomic mass is 16.6. The molecule has 0 radical (unpaired) electrons. The molecule has 7 rings (SSSR count). The van der Waals surface area contributed by atoms with Gasteiger partial charge in [-0.3, -0.25) is 38.5 Å². The fraction of sp³-hybridized carbons (Fsp3) is 0.486. The Bertz CT molecular complexity index is 3220. The average molecular weight is 1260 g/mol. The minimum atomic E-state index is -1.56. The smallest absolute Gasteiger partial charge is 0.329 e. The van der Waals surface area contributed by atoms with Crippen LogP contribution >= 0.6 is 0 Å². The number of benzene rings is 2. The first-order valence-electron chi connectivity index (χ1n) is 31.6. The monoisotopic (exact) mass is 1260 g/mol. The number of nitrogens with zero attached hydrogens (tertiary/aromatic N) is 10. The van der Waals surface area contributed by atoms with E-state index < -0.39 is 96.1 Å². The Hall–Kier alpha value is -9.08. The molecule has 1 saturated heterocycles. The van der Waals surface area contributed by atoms with Gasteiger partial charge in [-0.25, -0.2) is 19.2 Å². The van der Waals surface area contributed by atoms with Gasteiger partial charge < -0.3 is 38.5 Å². The van der Waals surface area contributed by atoms with E-state index in [9.17, 15) is 28.8 Å². The summed E-state index contributed by atoms with van der Waals surface area (Å²) in [7, 11) is 5.57.